The highest BCUT2D eigenvalue weighted by Crippen LogP contribution is 2.41. The van der Waals surface area contributed by atoms with Gasteiger partial charge in [0.15, 0.2) is 10.3 Å². The zero-order valence-electron chi connectivity index (χ0n) is 18.1. The first-order chi connectivity index (χ1) is 16.0. The zero-order chi connectivity index (χ0) is 22.9. The summed E-state index contributed by atoms with van der Waals surface area (Å²) < 4.78 is 3.02. The number of fused-ring (bicyclic) bond motifs is 1. The Hall–Kier alpha value is -3.24. The third kappa shape index (κ3) is 4.76. The summed E-state index contributed by atoms with van der Waals surface area (Å²) in [5.74, 6) is 0.973. The van der Waals surface area contributed by atoms with E-state index in [1.165, 1.54) is 30.0 Å². The Kier molecular flexibility index (Phi) is 5.86. The second-order valence-corrected chi connectivity index (χ2v) is 10.3. The Bertz CT molecular complexity index is 1310. The molecule has 0 aliphatic heterocycles. The number of nitrogens with zero attached hydrogens (tertiary/aromatic N) is 4. The van der Waals surface area contributed by atoms with Gasteiger partial charge in [-0.1, -0.05) is 41.3 Å². The number of anilines is 2. The average molecular weight is 479 g/mol. The number of carbonyl (C=O) groups is 2. The van der Waals surface area contributed by atoms with Gasteiger partial charge in [-0.05, 0) is 50.1 Å². The lowest BCUT2D eigenvalue weighted by molar-refractivity contribution is -0.115. The van der Waals surface area contributed by atoms with Crippen LogP contribution in [0.1, 0.15) is 38.4 Å². The number of para-hydroxylation sites is 1. The Labute approximate surface area is 198 Å². The van der Waals surface area contributed by atoms with Crippen LogP contribution in [0.15, 0.2) is 53.7 Å². The first-order valence-electron chi connectivity index (χ1n) is 10.6. The van der Waals surface area contributed by atoms with E-state index >= 15 is 0 Å². The third-order valence-corrected chi connectivity index (χ3v) is 7.20. The summed E-state index contributed by atoms with van der Waals surface area (Å²) >= 11 is 2.80. The zero-order valence-corrected chi connectivity index (χ0v) is 19.7. The van der Waals surface area contributed by atoms with Crippen LogP contribution in [0.5, 0.6) is 0 Å². The van der Waals surface area contributed by atoms with Crippen molar-refractivity contribution in [3.63, 3.8) is 0 Å². The predicted octanol–water partition coefficient (Wildman–Crippen LogP) is 4.83. The third-order valence-electron chi connectivity index (χ3n) is 5.20. The Morgan fingerprint density at radius 2 is 1.94 bits per heavy atom. The smallest absolute Gasteiger partial charge is 0.239 e. The number of hydrogen-bond acceptors (Lipinski definition) is 7. The summed E-state index contributed by atoms with van der Waals surface area (Å²) in [6, 6.07) is 15.4. The fraction of sp³-hybridized carbons (Fsp3) is 0.261. The van der Waals surface area contributed by atoms with Gasteiger partial charge in [-0.25, -0.2) is 4.98 Å². The number of aromatic nitrogens is 4. The minimum Gasteiger partial charge on any atom is -0.326 e. The fourth-order valence-corrected chi connectivity index (χ4v) is 5.22. The number of benzene rings is 2. The van der Waals surface area contributed by atoms with E-state index < -0.39 is 5.25 Å². The molecule has 1 atom stereocenters. The van der Waals surface area contributed by atoms with E-state index in [0.29, 0.717) is 21.9 Å². The molecular weight excluding hydrogens is 456 g/mol. The van der Waals surface area contributed by atoms with Crippen molar-refractivity contribution in [3.05, 3.63) is 54.4 Å². The van der Waals surface area contributed by atoms with Crippen LogP contribution in [0.3, 0.4) is 0 Å². The van der Waals surface area contributed by atoms with E-state index in [4.69, 9.17) is 0 Å². The number of rotatable bonds is 7. The van der Waals surface area contributed by atoms with E-state index in [2.05, 4.69) is 25.8 Å². The Morgan fingerprint density at radius 1 is 1.12 bits per heavy atom. The van der Waals surface area contributed by atoms with Gasteiger partial charge in [0.2, 0.25) is 11.8 Å². The summed E-state index contributed by atoms with van der Waals surface area (Å²) in [6.07, 6.45) is 2.14. The molecule has 5 rings (SSSR count). The van der Waals surface area contributed by atoms with E-state index in [9.17, 15) is 9.59 Å². The monoisotopic (exact) mass is 478 g/mol. The van der Waals surface area contributed by atoms with Crippen LogP contribution < -0.4 is 10.6 Å². The van der Waals surface area contributed by atoms with Gasteiger partial charge in [0, 0.05) is 18.5 Å². The summed E-state index contributed by atoms with van der Waals surface area (Å²) in [6.45, 7) is 3.32. The first kappa shape index (κ1) is 21.6. The number of hydrogen-bond donors (Lipinski definition) is 2. The highest BCUT2D eigenvalue weighted by atomic mass is 32.2. The minimum absolute atomic E-state index is 0.131. The van der Waals surface area contributed by atoms with Crippen LogP contribution in [0.25, 0.3) is 15.9 Å². The largest absolute Gasteiger partial charge is 0.326 e. The summed E-state index contributed by atoms with van der Waals surface area (Å²) in [5, 5.41) is 15.4. The van der Waals surface area contributed by atoms with Crippen molar-refractivity contribution in [2.45, 2.75) is 43.0 Å². The quantitative estimate of drug-likeness (QED) is 0.369. The predicted molar refractivity (Wildman–Crippen MR) is 131 cm³/mol. The standard InChI is InChI=1S/C23H22N6O2S2/c1-13(21(31)26-22-25-18-8-3-4-9-19(18)33-22)32-23-28-27-20(15-10-11-15)29(23)17-7-5-6-16(12-17)24-14(2)30/h3-9,12-13,15H,10-11H2,1-2H3,(H,24,30)(H,25,26,31). The lowest BCUT2D eigenvalue weighted by atomic mass is 10.2. The molecule has 2 aromatic heterocycles. The number of nitrogens with one attached hydrogen (secondary N) is 2. The van der Waals surface area contributed by atoms with Crippen LogP contribution >= 0.6 is 23.1 Å². The maximum atomic E-state index is 12.9. The molecule has 0 bridgehead atoms. The molecule has 10 heteroatoms. The van der Waals surface area contributed by atoms with Crippen LogP contribution in [0, 0.1) is 0 Å². The molecule has 2 N–H and O–H groups in total. The van der Waals surface area contributed by atoms with Gasteiger partial charge in [-0.3, -0.25) is 14.2 Å². The molecule has 4 aromatic rings. The van der Waals surface area contributed by atoms with Gasteiger partial charge in [0.25, 0.3) is 0 Å². The molecule has 168 valence electrons. The summed E-state index contributed by atoms with van der Waals surface area (Å²) in [4.78, 5) is 28.9. The van der Waals surface area contributed by atoms with Gasteiger partial charge in [0.1, 0.15) is 5.82 Å². The summed E-state index contributed by atoms with van der Waals surface area (Å²) in [7, 11) is 0. The van der Waals surface area contributed by atoms with Crippen molar-refractivity contribution in [3.8, 4) is 5.69 Å². The maximum absolute atomic E-state index is 12.9. The van der Waals surface area contributed by atoms with E-state index in [1.807, 2.05) is 60.0 Å². The molecule has 0 radical (unpaired) electrons. The molecule has 0 spiro atoms. The number of carbonyl (C=O) groups excluding carboxylic acids is 2. The van der Waals surface area contributed by atoms with Crippen molar-refractivity contribution in [1.82, 2.24) is 19.7 Å². The highest BCUT2D eigenvalue weighted by Gasteiger charge is 2.32. The SMILES string of the molecule is CC(=O)Nc1cccc(-n2c(SC(C)C(=O)Nc3nc4ccccc4s3)nnc2C2CC2)c1. The minimum atomic E-state index is -0.412. The lowest BCUT2D eigenvalue weighted by Gasteiger charge is -2.14. The van der Waals surface area contributed by atoms with Crippen molar-refractivity contribution < 1.29 is 9.59 Å². The molecule has 1 unspecified atom stereocenters. The average Bonchev–Trinajstić information content (AvgIpc) is 3.41. The molecule has 2 aromatic carbocycles. The summed E-state index contributed by atoms with van der Waals surface area (Å²) in [5.41, 5.74) is 2.42. The van der Waals surface area contributed by atoms with E-state index in [-0.39, 0.29) is 11.8 Å². The number of thioether (sulfide) groups is 1. The van der Waals surface area contributed by atoms with Crippen LogP contribution in [-0.2, 0) is 9.59 Å². The second-order valence-electron chi connectivity index (χ2n) is 7.92. The first-order valence-corrected chi connectivity index (χ1v) is 12.3. The molecule has 33 heavy (non-hydrogen) atoms. The van der Waals surface area contributed by atoms with E-state index in [1.54, 1.807) is 0 Å². The molecule has 2 heterocycles. The Balaban J connectivity index is 1.38. The molecule has 1 aliphatic rings. The van der Waals surface area contributed by atoms with Crippen LogP contribution in [0.4, 0.5) is 10.8 Å². The van der Waals surface area contributed by atoms with Crippen LogP contribution in [-0.4, -0.2) is 36.8 Å². The molecule has 0 saturated heterocycles. The molecule has 2 amide bonds. The van der Waals surface area contributed by atoms with Crippen molar-refractivity contribution >= 4 is 55.9 Å². The van der Waals surface area contributed by atoms with Gasteiger partial charge in [0.05, 0.1) is 21.2 Å². The fourth-order valence-electron chi connectivity index (χ4n) is 3.48. The number of thiazole rings is 1. The molecule has 1 aliphatic carbocycles. The highest BCUT2D eigenvalue weighted by molar-refractivity contribution is 8.00. The lowest BCUT2D eigenvalue weighted by Crippen LogP contribution is -2.22. The molecular formula is C23H22N6O2S2. The van der Waals surface area contributed by atoms with Crippen molar-refractivity contribution in [2.75, 3.05) is 10.6 Å². The maximum Gasteiger partial charge on any atom is 0.239 e. The van der Waals surface area contributed by atoms with E-state index in [0.717, 1.165) is 34.6 Å². The normalized spacial score (nSPS) is 14.2. The number of amides is 2. The molecule has 1 saturated carbocycles. The van der Waals surface area contributed by atoms with Gasteiger partial charge in [-0.2, -0.15) is 0 Å². The molecule has 1 fully saturated rings. The van der Waals surface area contributed by atoms with Crippen molar-refractivity contribution in [2.24, 2.45) is 0 Å². The second kappa shape index (κ2) is 8.95. The van der Waals surface area contributed by atoms with Gasteiger partial charge in [-0.15, -0.1) is 10.2 Å². The topological polar surface area (TPSA) is 102 Å². The molecule has 8 nitrogen and oxygen atoms in total. The Morgan fingerprint density at radius 3 is 2.70 bits per heavy atom. The van der Waals surface area contributed by atoms with Crippen LogP contribution in [0.2, 0.25) is 0 Å². The van der Waals surface area contributed by atoms with Gasteiger partial charge >= 0.3 is 0 Å². The van der Waals surface area contributed by atoms with Crippen molar-refractivity contribution in [1.29, 1.82) is 0 Å². The van der Waals surface area contributed by atoms with Gasteiger partial charge < -0.3 is 10.6 Å².